The van der Waals surface area contributed by atoms with Gasteiger partial charge >= 0.3 is 35.8 Å². The van der Waals surface area contributed by atoms with Crippen LogP contribution in [0.5, 0.6) is 40.2 Å². The summed E-state index contributed by atoms with van der Waals surface area (Å²) in [4.78, 5) is 68.5. The van der Waals surface area contributed by atoms with Gasteiger partial charge in [0.2, 0.25) is 58.0 Å². The normalized spacial score (nSPS) is 10.1. The number of carboxylic acid groups (broad SMARTS) is 1. The van der Waals surface area contributed by atoms with E-state index in [4.69, 9.17) is 43.7 Å². The maximum absolute atomic E-state index is 14.8. The standard InChI is InChI=1S/C38H38F4O10.C16H20O5.C6H2F4O2.2CH4/c1-3-29(43)49-23-11-7-5-9-21-47-27-17-13-25(14-18-27)37(45)51-35-31(39)33(41)36(34(42)32(35)40)52-38(46)26-15-19-28(20-16-26)48-22-10-6-8-12-24-50-30(44)4-2;1-2-15(17)21-12-6-4-3-5-11-20-14-9-7-13(8-10-14)16(18)19;7-1-2(8)6(12)4(10)3(9)5(1)11;;/h3-4,13-20H,1-2,5-12,21-24H2;2,7-10H,1,3-6,11-12H2,(H,18,19);11-12H;2*1H4. The van der Waals surface area contributed by atoms with Gasteiger partial charge in [-0.15, -0.1) is 0 Å². The summed E-state index contributed by atoms with van der Waals surface area (Å²) in [5, 5.41) is 25.5. The van der Waals surface area contributed by atoms with Gasteiger partial charge in [-0.25, -0.2) is 28.8 Å². The van der Waals surface area contributed by atoms with Gasteiger partial charge in [-0.1, -0.05) is 34.6 Å². The molecule has 0 atom stereocenters. The van der Waals surface area contributed by atoms with Crippen LogP contribution in [-0.2, 0) is 28.6 Å². The van der Waals surface area contributed by atoms with Crippen LogP contribution in [0, 0.1) is 46.5 Å². The van der Waals surface area contributed by atoms with Crippen LogP contribution >= 0.6 is 0 Å². The number of aromatic hydroxyl groups is 2. The molecule has 0 unspecified atom stereocenters. The molecule has 0 aliphatic rings. The zero-order chi connectivity index (χ0) is 62.8. The first kappa shape index (κ1) is 75.6. The van der Waals surface area contributed by atoms with Gasteiger partial charge in [0.15, 0.2) is 11.5 Å². The lowest BCUT2D eigenvalue weighted by molar-refractivity contribution is -0.138. The molecule has 0 bridgehead atoms. The number of rotatable bonds is 32. The van der Waals surface area contributed by atoms with Gasteiger partial charge in [0.05, 0.1) is 56.3 Å². The average molecular weight is 1240 g/mol. The highest BCUT2D eigenvalue weighted by Crippen LogP contribution is 2.36. The van der Waals surface area contributed by atoms with Crippen molar-refractivity contribution in [2.75, 3.05) is 39.6 Å². The summed E-state index contributed by atoms with van der Waals surface area (Å²) < 4.78 is 149. The number of unbranched alkanes of at least 4 members (excludes halogenated alkanes) is 9. The maximum Gasteiger partial charge on any atom is 0.343 e. The van der Waals surface area contributed by atoms with Gasteiger partial charge in [-0.2, -0.15) is 35.1 Å². The van der Waals surface area contributed by atoms with Crippen LogP contribution in [0.4, 0.5) is 35.1 Å². The SMILES string of the molecule is C.C.C=CC(=O)OCCCCCCOc1ccc(C(=O)O)cc1.C=CC(=O)OCCCCCCOc1ccc(C(=O)Oc2c(F)c(F)c(OC(=O)c3ccc(OCCCCCCOC(=O)C=C)cc3)c(F)c2F)cc1.Oc1c(F)c(F)c(O)c(F)c1F. The van der Waals surface area contributed by atoms with E-state index in [1.807, 2.05) is 0 Å². The third-order valence-corrected chi connectivity index (χ3v) is 11.2. The summed E-state index contributed by atoms with van der Waals surface area (Å²) in [6, 6.07) is 16.9. The number of carboxylic acids is 1. The number of esters is 5. The zero-order valence-corrected chi connectivity index (χ0v) is 45.6. The predicted molar refractivity (Wildman–Crippen MR) is 301 cm³/mol. The number of hydrogen-bond donors (Lipinski definition) is 3. The largest absolute Gasteiger partial charge is 0.503 e. The van der Waals surface area contributed by atoms with Crippen molar-refractivity contribution in [3.05, 3.63) is 174 Å². The molecule has 0 saturated heterocycles. The first-order chi connectivity index (χ1) is 40.6. The fraction of sp³-hybridized carbons (Fsp3) is 0.323. The third kappa shape index (κ3) is 26.2. The molecule has 474 valence electrons. The molecule has 0 aromatic heterocycles. The fourth-order valence-electron chi connectivity index (χ4n) is 6.69. The predicted octanol–water partition coefficient (Wildman–Crippen LogP) is 14.0. The number of ether oxygens (including phenoxy) is 8. The van der Waals surface area contributed by atoms with E-state index >= 15 is 0 Å². The summed E-state index contributed by atoms with van der Waals surface area (Å²) in [5.41, 5.74) is -0.156. The number of carbonyl (C=O) groups excluding carboxylic acids is 5. The van der Waals surface area contributed by atoms with Gasteiger partial charge in [-0.3, -0.25) is 0 Å². The highest BCUT2D eigenvalue weighted by atomic mass is 19.2. The molecule has 0 saturated carbocycles. The molecule has 17 nitrogen and oxygen atoms in total. The molecule has 5 aromatic carbocycles. The Morgan fingerprint density at radius 3 is 0.816 bits per heavy atom. The molecule has 0 radical (unpaired) electrons. The van der Waals surface area contributed by atoms with E-state index in [1.54, 1.807) is 12.1 Å². The molecule has 25 heteroatoms. The summed E-state index contributed by atoms with van der Waals surface area (Å²) in [5.74, 6) is -26.8. The Bertz CT molecular complexity index is 2790. The third-order valence-electron chi connectivity index (χ3n) is 11.2. The van der Waals surface area contributed by atoms with Gasteiger partial charge < -0.3 is 53.2 Å². The Kier molecular flexibility index (Phi) is 35.4. The minimum Gasteiger partial charge on any atom is -0.503 e. The van der Waals surface area contributed by atoms with Crippen LogP contribution in [0.25, 0.3) is 0 Å². The van der Waals surface area contributed by atoms with E-state index in [-0.39, 0.29) is 37.5 Å². The highest BCUT2D eigenvalue weighted by molar-refractivity contribution is 5.92. The van der Waals surface area contributed by atoms with E-state index in [0.717, 1.165) is 69.6 Å². The molecule has 3 N–H and O–H groups in total. The number of aromatic carboxylic acids is 1. The van der Waals surface area contributed by atoms with Crippen molar-refractivity contribution in [2.24, 2.45) is 0 Å². The second-order valence-electron chi connectivity index (χ2n) is 17.4. The van der Waals surface area contributed by atoms with Gasteiger partial charge in [0.1, 0.15) is 17.2 Å². The number of phenols is 2. The van der Waals surface area contributed by atoms with E-state index in [9.17, 15) is 63.9 Å². The van der Waals surface area contributed by atoms with Crippen molar-refractivity contribution in [1.29, 1.82) is 0 Å². The molecular formula is C62H68F8O17. The molecule has 0 amide bonds. The van der Waals surface area contributed by atoms with Gasteiger partial charge in [0, 0.05) is 18.2 Å². The number of carbonyl (C=O) groups is 6. The second kappa shape index (κ2) is 40.8. The summed E-state index contributed by atoms with van der Waals surface area (Å²) in [6.07, 6.45) is 13.0. The number of halogens is 8. The van der Waals surface area contributed by atoms with Crippen molar-refractivity contribution in [2.45, 2.75) is 91.9 Å². The Balaban J connectivity index is 0.000000879. The highest BCUT2D eigenvalue weighted by Gasteiger charge is 2.32. The molecule has 0 fully saturated rings. The maximum atomic E-state index is 14.8. The van der Waals surface area contributed by atoms with Crippen molar-refractivity contribution in [1.82, 2.24) is 0 Å². The van der Waals surface area contributed by atoms with E-state index in [0.29, 0.717) is 82.6 Å². The molecule has 0 aliphatic heterocycles. The van der Waals surface area contributed by atoms with Crippen LogP contribution in [0.3, 0.4) is 0 Å². The first-order valence-corrected chi connectivity index (χ1v) is 26.0. The monoisotopic (exact) mass is 1240 g/mol. The Morgan fingerprint density at radius 1 is 0.356 bits per heavy atom. The Hall–Kier alpha value is -9.42. The van der Waals surface area contributed by atoms with Crippen molar-refractivity contribution >= 4 is 35.8 Å². The molecule has 0 spiro atoms. The molecule has 5 aromatic rings. The molecule has 0 heterocycles. The Morgan fingerprint density at radius 2 is 0.586 bits per heavy atom. The summed E-state index contributed by atoms with van der Waals surface area (Å²) >= 11 is 0. The molecule has 87 heavy (non-hydrogen) atoms. The molecule has 0 aliphatic carbocycles. The number of phenolic OH excluding ortho intramolecular Hbond substituents is 2. The van der Waals surface area contributed by atoms with E-state index < -0.39 is 99.4 Å². The van der Waals surface area contributed by atoms with Crippen molar-refractivity contribution in [3.8, 4) is 40.2 Å². The van der Waals surface area contributed by atoms with Crippen LogP contribution in [0.2, 0.25) is 0 Å². The van der Waals surface area contributed by atoms with Crippen LogP contribution < -0.4 is 23.7 Å². The van der Waals surface area contributed by atoms with E-state index in [2.05, 4.69) is 29.2 Å². The lowest BCUT2D eigenvalue weighted by Gasteiger charge is -2.13. The fourth-order valence-corrected chi connectivity index (χ4v) is 6.69. The van der Waals surface area contributed by atoms with Crippen LogP contribution in [0.15, 0.2) is 111 Å². The molecule has 5 rings (SSSR count). The minimum absolute atomic E-state index is 0. The lowest BCUT2D eigenvalue weighted by atomic mass is 10.2. The second-order valence-corrected chi connectivity index (χ2v) is 17.4. The average Bonchev–Trinajstić information content (AvgIpc) is 1.54. The van der Waals surface area contributed by atoms with Crippen LogP contribution in [-0.4, -0.2) is 90.8 Å². The number of hydrogen-bond acceptors (Lipinski definition) is 16. The quantitative estimate of drug-likeness (QED) is 0.00530. The first-order valence-electron chi connectivity index (χ1n) is 26.0. The summed E-state index contributed by atoms with van der Waals surface area (Å²) in [7, 11) is 0. The summed E-state index contributed by atoms with van der Waals surface area (Å²) in [6.45, 7) is 12.2. The zero-order valence-electron chi connectivity index (χ0n) is 45.6. The number of benzene rings is 5. The van der Waals surface area contributed by atoms with E-state index in [1.165, 1.54) is 60.7 Å². The van der Waals surface area contributed by atoms with Gasteiger partial charge in [0.25, 0.3) is 0 Å². The van der Waals surface area contributed by atoms with Crippen LogP contribution in [0.1, 0.15) is 123 Å². The Labute approximate surface area is 497 Å². The smallest absolute Gasteiger partial charge is 0.343 e. The molecular weight excluding hydrogens is 1170 g/mol. The van der Waals surface area contributed by atoms with Gasteiger partial charge in [-0.05, 0) is 150 Å². The lowest BCUT2D eigenvalue weighted by Crippen LogP contribution is -2.16. The minimum atomic E-state index is -2.09. The van der Waals surface area contributed by atoms with Crippen molar-refractivity contribution in [3.63, 3.8) is 0 Å². The van der Waals surface area contributed by atoms with Crippen molar-refractivity contribution < 1.29 is 117 Å². The topological polar surface area (TPSA) is 237 Å².